The molecule has 0 spiro atoms. The smallest absolute Gasteiger partial charge is 0.351 e. The van der Waals surface area contributed by atoms with Crippen LogP contribution in [0.4, 0.5) is 13.2 Å². The second-order valence-corrected chi connectivity index (χ2v) is 4.60. The first kappa shape index (κ1) is 11.7. The lowest BCUT2D eigenvalue weighted by Crippen LogP contribution is -2.50. The van der Waals surface area contributed by atoms with Gasteiger partial charge in [-0.1, -0.05) is 0 Å². The first-order valence-electron chi connectivity index (χ1n) is 5.54. The first-order valence-corrected chi connectivity index (χ1v) is 5.54. The number of hydrogen-bond acceptors (Lipinski definition) is 2. The summed E-state index contributed by atoms with van der Waals surface area (Å²) < 4.78 is 37.9. The van der Waals surface area contributed by atoms with Gasteiger partial charge < -0.3 is 10.6 Å². The molecular weight excluding hydrogens is 221 g/mol. The summed E-state index contributed by atoms with van der Waals surface area (Å²) >= 11 is 0. The number of halogens is 3. The highest BCUT2D eigenvalue weighted by Gasteiger charge is 2.68. The largest absolute Gasteiger partial charge is 0.403 e. The van der Waals surface area contributed by atoms with E-state index >= 15 is 0 Å². The van der Waals surface area contributed by atoms with Crippen molar-refractivity contribution in [1.29, 1.82) is 0 Å². The van der Waals surface area contributed by atoms with Crippen molar-refractivity contribution in [2.75, 3.05) is 13.1 Å². The van der Waals surface area contributed by atoms with E-state index in [1.807, 2.05) is 0 Å². The average Bonchev–Trinajstić information content (AvgIpc) is 2.98. The molecular formula is C10H15F3N2O. The summed E-state index contributed by atoms with van der Waals surface area (Å²) in [6.07, 6.45) is -2.89. The minimum Gasteiger partial charge on any atom is -0.351 e. The maximum atomic E-state index is 12.6. The molecule has 2 N–H and O–H groups in total. The Balaban J connectivity index is 1.93. The van der Waals surface area contributed by atoms with Crippen LogP contribution in [0.15, 0.2) is 0 Å². The van der Waals surface area contributed by atoms with Gasteiger partial charge in [-0.15, -0.1) is 0 Å². The Morgan fingerprint density at radius 3 is 2.50 bits per heavy atom. The first-order chi connectivity index (χ1) is 7.46. The van der Waals surface area contributed by atoms with Crippen LogP contribution in [0, 0.1) is 5.41 Å². The van der Waals surface area contributed by atoms with Crippen LogP contribution < -0.4 is 10.6 Å². The van der Waals surface area contributed by atoms with Crippen LogP contribution in [0.3, 0.4) is 0 Å². The topological polar surface area (TPSA) is 41.1 Å². The lowest BCUT2D eigenvalue weighted by Gasteiger charge is -2.27. The number of carbonyl (C=O) groups is 1. The van der Waals surface area contributed by atoms with E-state index in [2.05, 4.69) is 10.6 Å². The lowest BCUT2D eigenvalue weighted by atomic mass is 10.0. The highest BCUT2D eigenvalue weighted by atomic mass is 19.4. The van der Waals surface area contributed by atoms with E-state index in [9.17, 15) is 18.0 Å². The van der Waals surface area contributed by atoms with Crippen molar-refractivity contribution in [2.24, 2.45) is 5.41 Å². The van der Waals surface area contributed by atoms with Gasteiger partial charge in [-0.2, -0.15) is 13.2 Å². The van der Waals surface area contributed by atoms with E-state index in [-0.39, 0.29) is 18.9 Å². The molecule has 0 aromatic heterocycles. The van der Waals surface area contributed by atoms with Crippen LogP contribution in [0.1, 0.15) is 25.7 Å². The highest BCUT2D eigenvalue weighted by Crippen LogP contribution is 2.57. The second-order valence-electron chi connectivity index (χ2n) is 4.60. The molecule has 3 nitrogen and oxygen atoms in total. The molecule has 1 saturated carbocycles. The van der Waals surface area contributed by atoms with E-state index in [0.717, 1.165) is 19.4 Å². The van der Waals surface area contributed by atoms with E-state index in [0.29, 0.717) is 6.54 Å². The molecule has 1 aliphatic carbocycles. The fraction of sp³-hybridized carbons (Fsp3) is 0.900. The van der Waals surface area contributed by atoms with Crippen molar-refractivity contribution >= 4 is 5.91 Å². The van der Waals surface area contributed by atoms with Gasteiger partial charge in [0.1, 0.15) is 5.41 Å². The summed E-state index contributed by atoms with van der Waals surface area (Å²) in [5, 5.41) is 5.56. The van der Waals surface area contributed by atoms with Crippen molar-refractivity contribution in [1.82, 2.24) is 10.6 Å². The zero-order valence-corrected chi connectivity index (χ0v) is 8.86. The summed E-state index contributed by atoms with van der Waals surface area (Å²) in [5.41, 5.74) is -2.08. The number of nitrogens with one attached hydrogen (secondary N) is 2. The van der Waals surface area contributed by atoms with Gasteiger partial charge in [0.15, 0.2) is 0 Å². The number of carbonyl (C=O) groups excluding carboxylic acids is 1. The molecule has 0 aromatic carbocycles. The predicted molar refractivity (Wildman–Crippen MR) is 51.8 cm³/mol. The van der Waals surface area contributed by atoms with Gasteiger partial charge in [-0.25, -0.2) is 0 Å². The summed E-state index contributed by atoms with van der Waals surface area (Å²) in [6.45, 7) is 1.44. The molecule has 6 heteroatoms. The minimum atomic E-state index is -4.40. The summed E-state index contributed by atoms with van der Waals surface area (Å²) in [4.78, 5) is 11.6. The quantitative estimate of drug-likeness (QED) is 0.756. The van der Waals surface area contributed by atoms with Crippen LogP contribution >= 0.6 is 0 Å². The molecule has 2 fully saturated rings. The van der Waals surface area contributed by atoms with Gasteiger partial charge in [-0.3, -0.25) is 4.79 Å². The van der Waals surface area contributed by atoms with Gasteiger partial charge in [0, 0.05) is 12.6 Å². The van der Waals surface area contributed by atoms with Crippen LogP contribution in [0.25, 0.3) is 0 Å². The molecule has 0 bridgehead atoms. The van der Waals surface area contributed by atoms with Gasteiger partial charge in [0.2, 0.25) is 5.91 Å². The maximum absolute atomic E-state index is 12.6. The van der Waals surface area contributed by atoms with Crippen molar-refractivity contribution in [2.45, 2.75) is 37.9 Å². The molecule has 1 atom stereocenters. The lowest BCUT2D eigenvalue weighted by molar-refractivity contribution is -0.192. The van der Waals surface area contributed by atoms with Crippen LogP contribution in [-0.2, 0) is 4.79 Å². The Hall–Kier alpha value is -0.780. The molecule has 1 amide bonds. The molecule has 0 radical (unpaired) electrons. The Kier molecular flexibility index (Phi) is 2.86. The molecule has 0 aromatic rings. The van der Waals surface area contributed by atoms with E-state index in [1.54, 1.807) is 0 Å². The molecule has 2 rings (SSSR count). The summed E-state index contributed by atoms with van der Waals surface area (Å²) in [5.74, 6) is -0.839. The third-order valence-corrected chi connectivity index (χ3v) is 3.36. The molecule has 1 heterocycles. The molecule has 1 saturated heterocycles. The van der Waals surface area contributed by atoms with Crippen LogP contribution in [0.2, 0.25) is 0 Å². The second kappa shape index (κ2) is 3.91. The zero-order valence-electron chi connectivity index (χ0n) is 8.86. The Morgan fingerprint density at radius 1 is 1.38 bits per heavy atom. The monoisotopic (exact) mass is 236 g/mol. The molecule has 1 unspecified atom stereocenters. The van der Waals surface area contributed by atoms with Gasteiger partial charge in [-0.05, 0) is 32.2 Å². The Bertz CT molecular complexity index is 280. The molecule has 92 valence electrons. The minimum absolute atomic E-state index is 0.0670. The Morgan fingerprint density at radius 2 is 2.06 bits per heavy atom. The van der Waals surface area contributed by atoms with E-state index in [4.69, 9.17) is 0 Å². The van der Waals surface area contributed by atoms with Crippen molar-refractivity contribution in [3.63, 3.8) is 0 Å². The number of piperidine rings is 1. The zero-order chi connectivity index (χ0) is 11.8. The number of alkyl halides is 3. The number of rotatable bonds is 2. The summed E-state index contributed by atoms with van der Waals surface area (Å²) in [6, 6.07) is -0.152. The van der Waals surface area contributed by atoms with Crippen LogP contribution in [0.5, 0.6) is 0 Å². The predicted octanol–water partition coefficient (Wildman–Crippen LogP) is 1.20. The normalized spacial score (nSPS) is 28.6. The van der Waals surface area contributed by atoms with Gasteiger partial charge in [0.25, 0.3) is 0 Å². The fourth-order valence-corrected chi connectivity index (χ4v) is 2.06. The average molecular weight is 236 g/mol. The van der Waals surface area contributed by atoms with Crippen molar-refractivity contribution in [3.8, 4) is 0 Å². The third-order valence-electron chi connectivity index (χ3n) is 3.36. The number of hydrogen-bond donors (Lipinski definition) is 2. The number of amides is 1. The van der Waals surface area contributed by atoms with Gasteiger partial charge >= 0.3 is 6.18 Å². The molecule has 1 aliphatic heterocycles. The molecule has 16 heavy (non-hydrogen) atoms. The van der Waals surface area contributed by atoms with Crippen molar-refractivity contribution < 1.29 is 18.0 Å². The van der Waals surface area contributed by atoms with Crippen LogP contribution in [-0.4, -0.2) is 31.2 Å². The third kappa shape index (κ3) is 2.03. The maximum Gasteiger partial charge on any atom is 0.403 e. The van der Waals surface area contributed by atoms with E-state index < -0.39 is 17.5 Å². The highest BCUT2D eigenvalue weighted by molar-refractivity contribution is 5.86. The Labute approximate surface area is 91.8 Å². The standard InChI is InChI=1S/C10H15F3N2O/c11-10(12,13)9(3-4-9)8(16)15-7-2-1-5-14-6-7/h7,14H,1-6H2,(H,15,16). The molecule has 2 aliphatic rings. The van der Waals surface area contributed by atoms with Gasteiger partial charge in [0.05, 0.1) is 0 Å². The van der Waals surface area contributed by atoms with Crippen molar-refractivity contribution in [3.05, 3.63) is 0 Å². The summed E-state index contributed by atoms with van der Waals surface area (Å²) in [7, 11) is 0. The SMILES string of the molecule is O=C(NC1CCCNC1)C1(C(F)(F)F)CC1. The fourth-order valence-electron chi connectivity index (χ4n) is 2.06. The van der Waals surface area contributed by atoms with E-state index in [1.165, 1.54) is 0 Å².